The molecule has 18 heavy (non-hydrogen) atoms. The van der Waals surface area contributed by atoms with E-state index in [4.69, 9.17) is 4.74 Å². The molecule has 1 aliphatic heterocycles. The predicted octanol–water partition coefficient (Wildman–Crippen LogP) is 2.36. The summed E-state index contributed by atoms with van der Waals surface area (Å²) in [5.74, 6) is 0.325. The molecule has 0 radical (unpaired) electrons. The van der Waals surface area contributed by atoms with Gasteiger partial charge in [-0.15, -0.1) is 0 Å². The molecule has 0 amide bonds. The summed E-state index contributed by atoms with van der Waals surface area (Å²) in [6.45, 7) is 6.32. The molecular weight excluding hydrogens is 231 g/mol. The maximum Gasteiger partial charge on any atom is 0.128 e. The number of rotatable bonds is 2. The molecule has 3 nitrogen and oxygen atoms in total. The minimum Gasteiger partial charge on any atom is -0.497 e. The van der Waals surface area contributed by atoms with Crippen LogP contribution in [0.4, 0.5) is 10.1 Å². The second kappa shape index (κ2) is 5.14. The molecule has 1 aromatic rings. The van der Waals surface area contributed by atoms with Gasteiger partial charge in [0.15, 0.2) is 0 Å². The van der Waals surface area contributed by atoms with Gasteiger partial charge in [-0.2, -0.15) is 0 Å². The number of methoxy groups -OCH3 is 1. The van der Waals surface area contributed by atoms with E-state index in [1.165, 1.54) is 6.07 Å². The van der Waals surface area contributed by atoms with Crippen LogP contribution in [-0.2, 0) is 0 Å². The molecule has 2 atom stereocenters. The second-order valence-electron chi connectivity index (χ2n) is 5.18. The first-order valence-electron chi connectivity index (χ1n) is 6.32. The lowest BCUT2D eigenvalue weighted by Gasteiger charge is -2.44. The molecule has 0 aliphatic carbocycles. The van der Waals surface area contributed by atoms with Gasteiger partial charge >= 0.3 is 0 Å². The largest absolute Gasteiger partial charge is 0.497 e. The summed E-state index contributed by atoms with van der Waals surface area (Å²) < 4.78 is 18.7. The Morgan fingerprint density at radius 1 is 1.17 bits per heavy atom. The minimum absolute atomic E-state index is 0.248. The van der Waals surface area contributed by atoms with Crippen LogP contribution in [0.1, 0.15) is 13.8 Å². The number of nitrogens with zero attached hydrogens (tertiary/aromatic N) is 2. The lowest BCUT2D eigenvalue weighted by atomic mass is 10.1. The van der Waals surface area contributed by atoms with Gasteiger partial charge in [0.25, 0.3) is 0 Å². The summed E-state index contributed by atoms with van der Waals surface area (Å²) in [6, 6.07) is 5.63. The van der Waals surface area contributed by atoms with E-state index in [0.717, 1.165) is 18.8 Å². The Labute approximate surface area is 108 Å². The summed E-state index contributed by atoms with van der Waals surface area (Å²) >= 11 is 0. The van der Waals surface area contributed by atoms with E-state index in [2.05, 4.69) is 30.7 Å². The zero-order chi connectivity index (χ0) is 13.3. The highest BCUT2D eigenvalue weighted by molar-refractivity contribution is 5.53. The Bertz CT molecular complexity index is 412. The van der Waals surface area contributed by atoms with Crippen molar-refractivity contribution in [3.8, 4) is 5.75 Å². The Morgan fingerprint density at radius 3 is 2.33 bits per heavy atom. The topological polar surface area (TPSA) is 15.7 Å². The molecule has 2 unspecified atom stereocenters. The van der Waals surface area contributed by atoms with Crippen LogP contribution < -0.4 is 9.64 Å². The van der Waals surface area contributed by atoms with Crippen LogP contribution in [-0.4, -0.2) is 44.2 Å². The van der Waals surface area contributed by atoms with E-state index in [-0.39, 0.29) is 5.82 Å². The van der Waals surface area contributed by atoms with Gasteiger partial charge < -0.3 is 14.5 Å². The van der Waals surface area contributed by atoms with Gasteiger partial charge in [0.2, 0.25) is 0 Å². The zero-order valence-corrected chi connectivity index (χ0v) is 11.5. The zero-order valence-electron chi connectivity index (χ0n) is 11.5. The number of hydrogen-bond acceptors (Lipinski definition) is 3. The minimum atomic E-state index is -0.248. The Morgan fingerprint density at radius 2 is 1.78 bits per heavy atom. The molecule has 1 heterocycles. The van der Waals surface area contributed by atoms with Crippen LogP contribution in [0.15, 0.2) is 18.2 Å². The Kier molecular flexibility index (Phi) is 3.76. The first kappa shape index (κ1) is 13.1. The molecule has 0 aromatic heterocycles. The van der Waals surface area contributed by atoms with Crippen molar-refractivity contribution in [1.82, 2.24) is 4.90 Å². The highest BCUT2D eigenvalue weighted by atomic mass is 19.1. The first-order chi connectivity index (χ1) is 8.51. The number of likely N-dealkylation sites (N-methyl/N-ethyl adjacent to an activating group) is 1. The highest BCUT2D eigenvalue weighted by Gasteiger charge is 2.28. The van der Waals surface area contributed by atoms with Crippen molar-refractivity contribution in [1.29, 1.82) is 0 Å². The number of hydrogen-bond donors (Lipinski definition) is 0. The van der Waals surface area contributed by atoms with Crippen LogP contribution in [0.5, 0.6) is 5.75 Å². The predicted molar refractivity (Wildman–Crippen MR) is 71.9 cm³/mol. The van der Waals surface area contributed by atoms with Crippen molar-refractivity contribution < 1.29 is 9.13 Å². The average molecular weight is 252 g/mol. The number of halogens is 1. The smallest absolute Gasteiger partial charge is 0.128 e. The average Bonchev–Trinajstić information content (AvgIpc) is 2.26. The van der Waals surface area contributed by atoms with Crippen molar-refractivity contribution in [3.63, 3.8) is 0 Å². The third-order valence-electron chi connectivity index (χ3n) is 3.49. The summed E-state index contributed by atoms with van der Waals surface area (Å²) in [4.78, 5) is 4.58. The number of piperazine rings is 1. The fourth-order valence-corrected chi connectivity index (χ4v) is 2.91. The van der Waals surface area contributed by atoms with Gasteiger partial charge in [0, 0.05) is 43.0 Å². The maximum absolute atomic E-state index is 13.6. The van der Waals surface area contributed by atoms with E-state index in [9.17, 15) is 4.39 Å². The summed E-state index contributed by atoms with van der Waals surface area (Å²) in [5.41, 5.74) is 0.903. The SMILES string of the molecule is COc1cc(F)cc(N2C(C)CN(C)CC2C)c1. The number of anilines is 1. The van der Waals surface area contributed by atoms with Gasteiger partial charge in [-0.25, -0.2) is 4.39 Å². The Hall–Kier alpha value is -1.29. The van der Waals surface area contributed by atoms with Crippen molar-refractivity contribution in [2.45, 2.75) is 25.9 Å². The quantitative estimate of drug-likeness (QED) is 0.803. The molecule has 0 N–H and O–H groups in total. The van der Waals surface area contributed by atoms with E-state index < -0.39 is 0 Å². The van der Waals surface area contributed by atoms with Crippen molar-refractivity contribution in [3.05, 3.63) is 24.0 Å². The molecule has 1 fully saturated rings. The third-order valence-corrected chi connectivity index (χ3v) is 3.49. The molecule has 0 saturated carbocycles. The van der Waals surface area contributed by atoms with Gasteiger partial charge in [-0.05, 0) is 27.0 Å². The van der Waals surface area contributed by atoms with Gasteiger partial charge in [-0.3, -0.25) is 0 Å². The van der Waals surface area contributed by atoms with E-state index >= 15 is 0 Å². The van der Waals surface area contributed by atoms with Crippen molar-refractivity contribution in [2.24, 2.45) is 0 Å². The molecule has 4 heteroatoms. The molecular formula is C14H21FN2O. The molecule has 2 rings (SSSR count). The molecule has 0 bridgehead atoms. The van der Waals surface area contributed by atoms with Crippen molar-refractivity contribution >= 4 is 5.69 Å². The lowest BCUT2D eigenvalue weighted by Crippen LogP contribution is -2.55. The van der Waals surface area contributed by atoms with Gasteiger partial charge in [0.1, 0.15) is 11.6 Å². The van der Waals surface area contributed by atoms with Gasteiger partial charge in [-0.1, -0.05) is 0 Å². The third kappa shape index (κ3) is 2.58. The molecule has 1 aliphatic rings. The van der Waals surface area contributed by atoms with Gasteiger partial charge in [0.05, 0.1) is 7.11 Å². The fourth-order valence-electron chi connectivity index (χ4n) is 2.91. The van der Waals surface area contributed by atoms with Crippen LogP contribution in [0, 0.1) is 5.82 Å². The number of ether oxygens (including phenoxy) is 1. The van der Waals surface area contributed by atoms with E-state index in [0.29, 0.717) is 17.8 Å². The normalized spacial score (nSPS) is 25.3. The summed E-state index contributed by atoms with van der Waals surface area (Å²) in [5, 5.41) is 0. The number of benzene rings is 1. The van der Waals surface area contributed by atoms with Crippen molar-refractivity contribution in [2.75, 3.05) is 32.1 Å². The molecule has 100 valence electrons. The van der Waals surface area contributed by atoms with E-state index in [1.807, 2.05) is 6.07 Å². The summed E-state index contributed by atoms with van der Waals surface area (Å²) in [6.07, 6.45) is 0. The van der Waals surface area contributed by atoms with Crippen LogP contribution in [0.25, 0.3) is 0 Å². The van der Waals surface area contributed by atoms with E-state index in [1.54, 1.807) is 13.2 Å². The Balaban J connectivity index is 2.32. The second-order valence-corrected chi connectivity index (χ2v) is 5.18. The molecule has 1 saturated heterocycles. The van der Waals surface area contributed by atoms with Crippen LogP contribution in [0.3, 0.4) is 0 Å². The summed E-state index contributed by atoms with van der Waals surface area (Å²) in [7, 11) is 3.69. The first-order valence-corrected chi connectivity index (χ1v) is 6.32. The standard InChI is InChI=1S/C14H21FN2O/c1-10-8-16(3)9-11(2)17(10)13-5-12(15)6-14(7-13)18-4/h5-7,10-11H,8-9H2,1-4H3. The lowest BCUT2D eigenvalue weighted by molar-refractivity contribution is 0.240. The fraction of sp³-hybridized carbons (Fsp3) is 0.571. The van der Waals surface area contributed by atoms with Crippen LogP contribution >= 0.6 is 0 Å². The molecule has 1 aromatic carbocycles. The molecule has 0 spiro atoms. The monoisotopic (exact) mass is 252 g/mol. The maximum atomic E-state index is 13.6. The highest BCUT2D eigenvalue weighted by Crippen LogP contribution is 2.28. The van der Waals surface area contributed by atoms with Crippen LogP contribution in [0.2, 0.25) is 0 Å².